The Hall–Kier alpha value is -2.66. The zero-order valence-electron chi connectivity index (χ0n) is 16.8. The number of hydrogen-bond donors (Lipinski definition) is 1. The van der Waals surface area contributed by atoms with Crippen molar-refractivity contribution < 1.29 is 31.9 Å². The van der Waals surface area contributed by atoms with Gasteiger partial charge >= 0.3 is 17.5 Å². The van der Waals surface area contributed by atoms with E-state index in [1.807, 2.05) is 0 Å². The molecule has 0 radical (unpaired) electrons. The summed E-state index contributed by atoms with van der Waals surface area (Å²) in [5, 5.41) is 2.72. The van der Waals surface area contributed by atoms with Crippen LogP contribution in [0.1, 0.15) is 22.7 Å². The molecule has 168 valence electrons. The summed E-state index contributed by atoms with van der Waals surface area (Å²) < 4.78 is 47.4. The summed E-state index contributed by atoms with van der Waals surface area (Å²) >= 11 is -0.198. The van der Waals surface area contributed by atoms with Crippen LogP contribution < -0.4 is 5.32 Å². The van der Waals surface area contributed by atoms with Gasteiger partial charge in [0, 0.05) is 36.8 Å². The minimum atomic E-state index is -4.35. The van der Waals surface area contributed by atoms with Crippen LogP contribution in [0.4, 0.5) is 23.7 Å². The highest BCUT2D eigenvalue weighted by Crippen LogP contribution is 2.37. The molecule has 2 amide bonds. The fourth-order valence-corrected chi connectivity index (χ4v) is 3.71. The highest BCUT2D eigenvalue weighted by Gasteiger charge is 2.29. The lowest BCUT2D eigenvalue weighted by atomic mass is 10.3. The average molecular weight is 457 g/mol. The summed E-state index contributed by atoms with van der Waals surface area (Å²) in [5.74, 6) is 0.248. The molecule has 0 aliphatic carbocycles. The van der Waals surface area contributed by atoms with Crippen LogP contribution in [0.25, 0.3) is 0 Å². The van der Waals surface area contributed by atoms with Gasteiger partial charge in [-0.05, 0) is 54.6 Å². The monoisotopic (exact) mass is 457 g/mol. The third-order valence-corrected chi connectivity index (χ3v) is 5.38. The summed E-state index contributed by atoms with van der Waals surface area (Å²) in [6.45, 7) is 2.91. The first-order valence-electron chi connectivity index (χ1n) is 9.54. The van der Waals surface area contributed by atoms with Crippen molar-refractivity contribution in [1.29, 1.82) is 0 Å². The number of benzene rings is 1. The molecule has 1 aliphatic rings. The molecular formula is C20H22F3N3O4S. The largest absolute Gasteiger partial charge is 0.463 e. The first-order valence-corrected chi connectivity index (χ1v) is 10.4. The van der Waals surface area contributed by atoms with Gasteiger partial charge in [0.25, 0.3) is 0 Å². The molecule has 1 aliphatic heterocycles. The maximum atomic E-state index is 12.6. The van der Waals surface area contributed by atoms with Gasteiger partial charge in [-0.3, -0.25) is 4.90 Å². The summed E-state index contributed by atoms with van der Waals surface area (Å²) in [4.78, 5) is 27.9. The number of hydrogen-bond acceptors (Lipinski definition) is 6. The lowest BCUT2D eigenvalue weighted by Gasteiger charge is -2.22. The Morgan fingerprint density at radius 1 is 1.10 bits per heavy atom. The van der Waals surface area contributed by atoms with E-state index in [4.69, 9.17) is 4.42 Å². The van der Waals surface area contributed by atoms with E-state index in [1.54, 1.807) is 17.0 Å². The summed E-state index contributed by atoms with van der Waals surface area (Å²) in [6.07, 6.45) is 0.749. The first kappa shape index (κ1) is 23.0. The number of nitrogens with one attached hydrogen (secondary N) is 1. The summed E-state index contributed by atoms with van der Waals surface area (Å²) in [5.41, 5.74) is -3.91. The van der Waals surface area contributed by atoms with Crippen molar-refractivity contribution in [3.63, 3.8) is 0 Å². The van der Waals surface area contributed by atoms with E-state index in [9.17, 15) is 22.8 Å². The highest BCUT2D eigenvalue weighted by molar-refractivity contribution is 8.00. The molecule has 1 aromatic carbocycles. The smallest absolute Gasteiger partial charge is 0.446 e. The van der Waals surface area contributed by atoms with Crippen molar-refractivity contribution in [2.24, 2.45) is 0 Å². The van der Waals surface area contributed by atoms with Crippen LogP contribution in [0, 0.1) is 0 Å². The second kappa shape index (κ2) is 10.1. The fraction of sp³-hybridized carbons (Fsp3) is 0.400. The number of alkyl halides is 3. The van der Waals surface area contributed by atoms with E-state index >= 15 is 0 Å². The van der Waals surface area contributed by atoms with Crippen LogP contribution in [-0.4, -0.2) is 60.6 Å². The number of methoxy groups -OCH3 is 1. The van der Waals surface area contributed by atoms with Gasteiger partial charge in [-0.25, -0.2) is 9.59 Å². The SMILES string of the molecule is COC(=O)c1ccc(CN2CCCN(C(=O)Nc3ccc(SC(F)(F)F)cc3)CC2)o1. The predicted molar refractivity (Wildman–Crippen MR) is 109 cm³/mol. The van der Waals surface area contributed by atoms with Crippen LogP contribution in [0.3, 0.4) is 0 Å². The molecule has 0 spiro atoms. The molecule has 2 heterocycles. The Bertz CT molecular complexity index is 902. The van der Waals surface area contributed by atoms with Gasteiger partial charge in [-0.15, -0.1) is 0 Å². The number of halogens is 3. The average Bonchev–Trinajstić information content (AvgIpc) is 3.05. The van der Waals surface area contributed by atoms with Gasteiger partial charge in [0.2, 0.25) is 5.76 Å². The molecule has 1 aromatic heterocycles. The van der Waals surface area contributed by atoms with Gasteiger partial charge in [0.1, 0.15) is 5.76 Å². The maximum Gasteiger partial charge on any atom is 0.446 e. The number of anilines is 1. The second-order valence-electron chi connectivity index (χ2n) is 6.88. The number of carbonyl (C=O) groups is 2. The minimum absolute atomic E-state index is 0.0594. The third kappa shape index (κ3) is 6.93. The number of nitrogens with zero attached hydrogens (tertiary/aromatic N) is 2. The number of urea groups is 1. The van der Waals surface area contributed by atoms with E-state index < -0.39 is 11.5 Å². The first-order chi connectivity index (χ1) is 14.7. The molecule has 31 heavy (non-hydrogen) atoms. The van der Waals surface area contributed by atoms with Gasteiger partial charge in [0.05, 0.1) is 13.7 Å². The standard InChI is InChI=1S/C20H22F3N3O4S/c1-29-18(27)17-8-5-15(30-17)13-25-9-2-10-26(12-11-25)19(28)24-14-3-6-16(7-4-14)31-20(21,22)23/h3-8H,2,9-13H2,1H3,(H,24,28). The van der Waals surface area contributed by atoms with E-state index in [2.05, 4.69) is 15.0 Å². The van der Waals surface area contributed by atoms with Crippen LogP contribution in [-0.2, 0) is 11.3 Å². The molecule has 3 rings (SSSR count). The van der Waals surface area contributed by atoms with E-state index in [1.165, 1.54) is 31.4 Å². The zero-order chi connectivity index (χ0) is 22.4. The molecule has 0 bridgehead atoms. The molecule has 1 N–H and O–H groups in total. The normalized spacial score (nSPS) is 15.4. The van der Waals surface area contributed by atoms with Crippen LogP contribution in [0.5, 0.6) is 0 Å². The molecule has 1 fully saturated rings. The number of rotatable bonds is 5. The van der Waals surface area contributed by atoms with E-state index in [0.29, 0.717) is 37.6 Å². The minimum Gasteiger partial charge on any atom is -0.463 e. The molecule has 7 nitrogen and oxygen atoms in total. The van der Waals surface area contributed by atoms with Gasteiger partial charge in [-0.2, -0.15) is 13.2 Å². The summed E-state index contributed by atoms with van der Waals surface area (Å²) in [7, 11) is 1.29. The molecule has 2 aromatic rings. The zero-order valence-corrected chi connectivity index (χ0v) is 17.6. The number of thioether (sulfide) groups is 1. The quantitative estimate of drug-likeness (QED) is 0.529. The van der Waals surface area contributed by atoms with Crippen molar-refractivity contribution in [2.75, 3.05) is 38.6 Å². The molecule has 0 atom stereocenters. The van der Waals surface area contributed by atoms with Crippen LogP contribution >= 0.6 is 11.8 Å². The molecular weight excluding hydrogens is 435 g/mol. The van der Waals surface area contributed by atoms with E-state index in [0.717, 1.165) is 13.0 Å². The van der Waals surface area contributed by atoms with Crippen molar-refractivity contribution in [2.45, 2.75) is 23.4 Å². The maximum absolute atomic E-state index is 12.6. The molecule has 1 saturated heterocycles. The number of esters is 1. The second-order valence-corrected chi connectivity index (χ2v) is 8.02. The Morgan fingerprint density at radius 2 is 1.84 bits per heavy atom. The van der Waals surface area contributed by atoms with Gasteiger partial charge < -0.3 is 19.4 Å². The van der Waals surface area contributed by atoms with E-state index in [-0.39, 0.29) is 28.4 Å². The van der Waals surface area contributed by atoms with Crippen molar-refractivity contribution in [1.82, 2.24) is 9.80 Å². The molecule has 0 unspecified atom stereocenters. The van der Waals surface area contributed by atoms with Crippen molar-refractivity contribution in [3.8, 4) is 0 Å². The topological polar surface area (TPSA) is 75.0 Å². The predicted octanol–water partition coefficient (Wildman–Crippen LogP) is 4.42. The number of carbonyl (C=O) groups excluding carboxylic acids is 2. The van der Waals surface area contributed by atoms with Gasteiger partial charge in [-0.1, -0.05) is 0 Å². The number of amides is 2. The van der Waals surface area contributed by atoms with Crippen LogP contribution in [0.2, 0.25) is 0 Å². The summed E-state index contributed by atoms with van der Waals surface area (Å²) in [6, 6.07) is 8.54. The Kier molecular flexibility index (Phi) is 7.50. The van der Waals surface area contributed by atoms with Crippen molar-refractivity contribution in [3.05, 3.63) is 47.9 Å². The van der Waals surface area contributed by atoms with Crippen LogP contribution in [0.15, 0.2) is 45.7 Å². The fourth-order valence-electron chi connectivity index (χ4n) is 3.17. The van der Waals surface area contributed by atoms with Gasteiger partial charge in [0.15, 0.2) is 0 Å². The molecule has 11 heteroatoms. The lowest BCUT2D eigenvalue weighted by molar-refractivity contribution is -0.0328. The number of furan rings is 1. The van der Waals surface area contributed by atoms with Crippen molar-refractivity contribution >= 4 is 29.4 Å². The number of ether oxygens (including phenoxy) is 1. The Balaban J connectivity index is 1.50. The molecule has 0 saturated carbocycles. The Morgan fingerprint density at radius 3 is 2.52 bits per heavy atom. The Labute approximate surface area is 181 Å². The highest BCUT2D eigenvalue weighted by atomic mass is 32.2. The lowest BCUT2D eigenvalue weighted by Crippen LogP contribution is -2.38. The third-order valence-electron chi connectivity index (χ3n) is 4.64.